The van der Waals surface area contributed by atoms with Gasteiger partial charge in [-0.2, -0.15) is 0 Å². The predicted molar refractivity (Wildman–Crippen MR) is 247 cm³/mol. The van der Waals surface area contributed by atoms with Crippen LogP contribution in [0.1, 0.15) is 94.0 Å². The van der Waals surface area contributed by atoms with Gasteiger partial charge in [0, 0.05) is 27.9 Å². The van der Waals surface area contributed by atoms with Gasteiger partial charge >= 0.3 is 0 Å². The molecule has 4 saturated carbocycles. The van der Waals surface area contributed by atoms with Crippen molar-refractivity contribution in [1.82, 2.24) is 0 Å². The van der Waals surface area contributed by atoms with Crippen LogP contribution in [0.4, 0.5) is 17.1 Å². The molecule has 0 aliphatic heterocycles. The van der Waals surface area contributed by atoms with Crippen LogP contribution in [0.3, 0.4) is 0 Å². The lowest BCUT2D eigenvalue weighted by Gasteiger charge is -2.57. The molecule has 13 rings (SSSR count). The highest BCUT2D eigenvalue weighted by molar-refractivity contribution is 5.89. The molecule has 1 nitrogen and oxygen atoms in total. The molecule has 0 radical (unpaired) electrons. The summed E-state index contributed by atoms with van der Waals surface area (Å²) >= 11 is 0. The summed E-state index contributed by atoms with van der Waals surface area (Å²) in [6.07, 6.45) is 8.73. The maximum Gasteiger partial charge on any atom is 0.0465 e. The van der Waals surface area contributed by atoms with E-state index in [1.54, 1.807) is 5.56 Å². The Bertz CT molecular complexity index is 2750. The molecule has 0 spiro atoms. The van der Waals surface area contributed by atoms with E-state index in [2.05, 4.69) is 190 Å². The minimum atomic E-state index is -0.153. The van der Waals surface area contributed by atoms with Gasteiger partial charge in [0.15, 0.2) is 0 Å². The summed E-state index contributed by atoms with van der Waals surface area (Å²) in [6, 6.07) is 60.2. The molecule has 7 aromatic rings. The Morgan fingerprint density at radius 2 is 0.797 bits per heavy atom. The highest BCUT2D eigenvalue weighted by Crippen LogP contribution is 2.61. The minimum Gasteiger partial charge on any atom is -0.310 e. The summed E-state index contributed by atoms with van der Waals surface area (Å²) in [6.45, 7) is 9.61. The van der Waals surface area contributed by atoms with Crippen LogP contribution in [0.25, 0.3) is 44.5 Å². The van der Waals surface area contributed by atoms with Crippen LogP contribution >= 0.6 is 0 Å². The molecule has 0 aromatic heterocycles. The van der Waals surface area contributed by atoms with E-state index in [9.17, 15) is 0 Å². The quantitative estimate of drug-likeness (QED) is 0.163. The van der Waals surface area contributed by atoms with Gasteiger partial charge in [-0.1, -0.05) is 143 Å². The summed E-state index contributed by atoms with van der Waals surface area (Å²) in [5.41, 5.74) is 21.5. The van der Waals surface area contributed by atoms with Crippen molar-refractivity contribution in [3.05, 3.63) is 186 Å². The topological polar surface area (TPSA) is 3.24 Å². The third-order valence-electron chi connectivity index (χ3n) is 15.8. The Hall–Kier alpha value is -5.66. The first-order chi connectivity index (χ1) is 28.6. The maximum absolute atomic E-state index is 2.50. The van der Waals surface area contributed by atoms with E-state index in [1.807, 2.05) is 0 Å². The SMILES string of the molecule is CC1(C)c2ccccc2-c2ccc(N(c3ccc(-c4ccccc4)cc3)c3ccc4c(c3)C(C)(C)c3cc(-c5ccc(C67CC8CC(CC(C8)C6)C7)cc5)ccc3-4)cc21. The van der Waals surface area contributed by atoms with Gasteiger partial charge in [0.25, 0.3) is 0 Å². The van der Waals surface area contributed by atoms with Crippen molar-refractivity contribution in [3.8, 4) is 44.5 Å². The Labute approximate surface area is 350 Å². The Balaban J connectivity index is 0.913. The van der Waals surface area contributed by atoms with Gasteiger partial charge in [0.05, 0.1) is 0 Å². The number of benzene rings is 7. The van der Waals surface area contributed by atoms with Crippen LogP contribution in [0.5, 0.6) is 0 Å². The van der Waals surface area contributed by atoms with Gasteiger partial charge in [-0.3, -0.25) is 0 Å². The summed E-state index contributed by atoms with van der Waals surface area (Å²) in [7, 11) is 0. The van der Waals surface area contributed by atoms with Gasteiger partial charge in [-0.15, -0.1) is 0 Å². The van der Waals surface area contributed by atoms with Crippen molar-refractivity contribution in [3.63, 3.8) is 0 Å². The first kappa shape index (κ1) is 35.3. The summed E-state index contributed by atoms with van der Waals surface area (Å²) < 4.78 is 0. The van der Waals surface area contributed by atoms with Crippen LogP contribution in [0, 0.1) is 17.8 Å². The molecule has 4 fully saturated rings. The van der Waals surface area contributed by atoms with Crippen molar-refractivity contribution < 1.29 is 0 Å². The number of rotatable bonds is 6. The Kier molecular flexibility index (Phi) is 7.58. The molecular weight excluding hydrogens is 711 g/mol. The highest BCUT2D eigenvalue weighted by atomic mass is 15.1. The van der Waals surface area contributed by atoms with E-state index in [1.165, 1.54) is 117 Å². The number of hydrogen-bond acceptors (Lipinski definition) is 1. The summed E-state index contributed by atoms with van der Waals surface area (Å²) in [4.78, 5) is 2.48. The Morgan fingerprint density at radius 3 is 1.41 bits per heavy atom. The average molecular weight is 764 g/mol. The molecule has 6 aliphatic carbocycles. The van der Waals surface area contributed by atoms with Gasteiger partial charge in [-0.05, 0) is 176 Å². The lowest BCUT2D eigenvalue weighted by molar-refractivity contribution is -0.00518. The Morgan fingerprint density at radius 1 is 0.373 bits per heavy atom. The molecule has 290 valence electrons. The lowest BCUT2D eigenvalue weighted by atomic mass is 9.48. The normalized spacial score (nSPS) is 23.4. The molecule has 0 heterocycles. The predicted octanol–water partition coefficient (Wildman–Crippen LogP) is 15.6. The van der Waals surface area contributed by atoms with Crippen LogP contribution < -0.4 is 4.90 Å². The molecule has 4 bridgehead atoms. The van der Waals surface area contributed by atoms with E-state index in [0.717, 1.165) is 23.4 Å². The minimum absolute atomic E-state index is 0.0841. The largest absolute Gasteiger partial charge is 0.310 e. The molecule has 1 heteroatoms. The summed E-state index contributed by atoms with van der Waals surface area (Å²) in [5.74, 6) is 2.90. The molecule has 7 aromatic carbocycles. The van der Waals surface area contributed by atoms with Crippen LogP contribution in [-0.4, -0.2) is 0 Å². The van der Waals surface area contributed by atoms with E-state index < -0.39 is 0 Å². The smallest absolute Gasteiger partial charge is 0.0465 e. The number of anilines is 3. The molecule has 0 atom stereocenters. The second-order valence-electron chi connectivity index (χ2n) is 20.0. The van der Waals surface area contributed by atoms with Gasteiger partial charge in [0.1, 0.15) is 0 Å². The van der Waals surface area contributed by atoms with E-state index >= 15 is 0 Å². The first-order valence-corrected chi connectivity index (χ1v) is 22.3. The highest BCUT2D eigenvalue weighted by Gasteiger charge is 2.51. The van der Waals surface area contributed by atoms with Crippen molar-refractivity contribution in [1.29, 1.82) is 0 Å². The van der Waals surface area contributed by atoms with Crippen LogP contribution in [0.15, 0.2) is 158 Å². The van der Waals surface area contributed by atoms with E-state index in [0.29, 0.717) is 5.41 Å². The molecular formula is C58H53N. The molecule has 0 saturated heterocycles. The summed E-state index contributed by atoms with van der Waals surface area (Å²) in [5, 5.41) is 0. The zero-order chi connectivity index (χ0) is 39.7. The average Bonchev–Trinajstić information content (AvgIpc) is 3.62. The molecule has 0 amide bonds. The van der Waals surface area contributed by atoms with Gasteiger partial charge in [-0.25, -0.2) is 0 Å². The standard InChI is InChI=1S/C58H53N/c1-56(2)52-13-9-8-12-48(52)50-26-23-46(32-54(50)56)59(45-21-16-41(17-22-45)40-10-6-5-7-11-40)47-24-27-51-49-25-18-43(31-53(49)57(3,4)55(51)33-47)42-14-19-44(20-15-42)58-34-37-28-38(35-58)30-39(29-37)36-58/h5-27,31-33,37-39H,28-30,34-36H2,1-4H3. The first-order valence-electron chi connectivity index (χ1n) is 22.3. The third-order valence-corrected chi connectivity index (χ3v) is 15.8. The number of hydrogen-bond donors (Lipinski definition) is 0. The fourth-order valence-electron chi connectivity index (χ4n) is 13.2. The zero-order valence-electron chi connectivity index (χ0n) is 34.9. The lowest BCUT2D eigenvalue weighted by Crippen LogP contribution is -2.48. The zero-order valence-corrected chi connectivity index (χ0v) is 34.9. The van der Waals surface area contributed by atoms with Crippen molar-refractivity contribution >= 4 is 17.1 Å². The second-order valence-corrected chi connectivity index (χ2v) is 20.0. The second kappa shape index (κ2) is 12.7. The van der Waals surface area contributed by atoms with Gasteiger partial charge < -0.3 is 4.90 Å². The van der Waals surface area contributed by atoms with Crippen LogP contribution in [0.2, 0.25) is 0 Å². The fourth-order valence-corrected chi connectivity index (χ4v) is 13.2. The van der Waals surface area contributed by atoms with Crippen molar-refractivity contribution in [2.45, 2.75) is 82.5 Å². The van der Waals surface area contributed by atoms with Crippen LogP contribution in [-0.2, 0) is 16.2 Å². The van der Waals surface area contributed by atoms with E-state index in [-0.39, 0.29) is 10.8 Å². The third kappa shape index (κ3) is 5.36. The van der Waals surface area contributed by atoms with Crippen molar-refractivity contribution in [2.75, 3.05) is 4.90 Å². The monoisotopic (exact) mass is 763 g/mol. The molecule has 6 aliphatic rings. The fraction of sp³-hybridized carbons (Fsp3) is 0.276. The van der Waals surface area contributed by atoms with Crippen molar-refractivity contribution in [2.24, 2.45) is 17.8 Å². The van der Waals surface area contributed by atoms with E-state index in [4.69, 9.17) is 0 Å². The number of nitrogens with zero attached hydrogens (tertiary/aromatic N) is 1. The van der Waals surface area contributed by atoms with Gasteiger partial charge in [0.2, 0.25) is 0 Å². The maximum atomic E-state index is 2.50. The molecule has 59 heavy (non-hydrogen) atoms. The molecule has 0 unspecified atom stereocenters. The molecule has 0 N–H and O–H groups in total. The number of fused-ring (bicyclic) bond motifs is 6.